The van der Waals surface area contributed by atoms with Crippen LogP contribution in [0.25, 0.3) is 17.0 Å². The summed E-state index contributed by atoms with van der Waals surface area (Å²) >= 11 is 0. The van der Waals surface area contributed by atoms with Crippen molar-refractivity contribution >= 4 is 17.2 Å². The van der Waals surface area contributed by atoms with Gasteiger partial charge in [-0.1, -0.05) is 29.8 Å². The van der Waals surface area contributed by atoms with Crippen molar-refractivity contribution in [1.29, 1.82) is 5.26 Å². The van der Waals surface area contributed by atoms with Gasteiger partial charge in [0.25, 0.3) is 0 Å². The summed E-state index contributed by atoms with van der Waals surface area (Å²) in [6, 6.07) is 22.1. The summed E-state index contributed by atoms with van der Waals surface area (Å²) < 4.78 is 11.6. The molecule has 1 N–H and O–H groups in total. The van der Waals surface area contributed by atoms with Crippen LogP contribution in [0.1, 0.15) is 29.7 Å². The molecule has 0 radical (unpaired) electrons. The standard InChI is InChI=1S/C26H22N4O2/c1-15-4-6-17(7-5-15)21-12-13-22(32-21)24-20(14-27)25(18-8-10-19(31-3)11-9-18)28-26-23(24)16(2)29-30-26/h4-13,23-24H,1-3H3,(H,28,30). The number of hydrazone groups is 1. The van der Waals surface area contributed by atoms with Gasteiger partial charge in [-0.25, -0.2) is 4.99 Å². The summed E-state index contributed by atoms with van der Waals surface area (Å²) in [6.07, 6.45) is 0. The third kappa shape index (κ3) is 3.28. The van der Waals surface area contributed by atoms with Crippen LogP contribution < -0.4 is 10.2 Å². The van der Waals surface area contributed by atoms with Gasteiger partial charge in [-0.2, -0.15) is 10.4 Å². The quantitative estimate of drug-likeness (QED) is 0.619. The molecular formula is C26H22N4O2. The molecule has 0 saturated heterocycles. The lowest BCUT2D eigenvalue weighted by atomic mass is 9.78. The molecule has 1 aromatic heterocycles. The number of nitriles is 1. The van der Waals surface area contributed by atoms with E-state index >= 15 is 0 Å². The molecule has 0 amide bonds. The van der Waals surface area contributed by atoms with Crippen LogP contribution in [0, 0.1) is 24.2 Å². The molecule has 3 heterocycles. The second-order valence-electron chi connectivity index (χ2n) is 7.99. The Labute approximate surface area is 186 Å². The number of hydrogen-bond donors (Lipinski definition) is 1. The number of furan rings is 1. The topological polar surface area (TPSA) is 82.9 Å². The predicted octanol–water partition coefficient (Wildman–Crippen LogP) is 5.29. The molecule has 3 aromatic rings. The number of allylic oxidation sites excluding steroid dienone is 1. The molecule has 0 spiro atoms. The van der Waals surface area contributed by atoms with E-state index in [-0.39, 0.29) is 11.8 Å². The first-order valence-corrected chi connectivity index (χ1v) is 10.4. The van der Waals surface area contributed by atoms with Crippen molar-refractivity contribution < 1.29 is 9.15 Å². The highest BCUT2D eigenvalue weighted by molar-refractivity contribution is 6.13. The zero-order chi connectivity index (χ0) is 22.2. The zero-order valence-electron chi connectivity index (χ0n) is 18.1. The molecule has 0 bridgehead atoms. The Hall–Kier alpha value is -4.11. The number of aliphatic imine (C=N–C) groups is 1. The van der Waals surface area contributed by atoms with E-state index in [2.05, 4.69) is 35.7 Å². The van der Waals surface area contributed by atoms with E-state index in [0.29, 0.717) is 11.3 Å². The molecule has 6 heteroatoms. The lowest BCUT2D eigenvalue weighted by Crippen LogP contribution is -2.32. The molecule has 32 heavy (non-hydrogen) atoms. The number of methoxy groups -OCH3 is 1. The highest BCUT2D eigenvalue weighted by Crippen LogP contribution is 2.44. The van der Waals surface area contributed by atoms with Crippen LogP contribution in [0.2, 0.25) is 0 Å². The van der Waals surface area contributed by atoms with Gasteiger partial charge in [0.2, 0.25) is 0 Å². The van der Waals surface area contributed by atoms with Crippen LogP contribution in [0.3, 0.4) is 0 Å². The minimum absolute atomic E-state index is 0.163. The lowest BCUT2D eigenvalue weighted by molar-refractivity contribution is 0.415. The van der Waals surface area contributed by atoms with Crippen molar-refractivity contribution in [3.63, 3.8) is 0 Å². The number of nitrogens with zero attached hydrogens (tertiary/aromatic N) is 3. The first kappa shape index (κ1) is 19.8. The summed E-state index contributed by atoms with van der Waals surface area (Å²) in [5.41, 5.74) is 8.14. The molecule has 5 rings (SSSR count). The van der Waals surface area contributed by atoms with Crippen LogP contribution in [0.15, 0.2) is 80.7 Å². The van der Waals surface area contributed by atoms with Crippen molar-refractivity contribution in [1.82, 2.24) is 5.43 Å². The maximum atomic E-state index is 10.2. The van der Waals surface area contributed by atoms with Gasteiger partial charge in [0, 0.05) is 16.8 Å². The Morgan fingerprint density at radius 1 is 0.938 bits per heavy atom. The highest BCUT2D eigenvalue weighted by Gasteiger charge is 2.42. The predicted molar refractivity (Wildman–Crippen MR) is 124 cm³/mol. The monoisotopic (exact) mass is 422 g/mol. The van der Waals surface area contributed by atoms with E-state index in [1.54, 1.807) is 7.11 Å². The maximum absolute atomic E-state index is 10.2. The molecule has 2 atom stereocenters. The summed E-state index contributed by atoms with van der Waals surface area (Å²) in [5.74, 6) is 2.49. The summed E-state index contributed by atoms with van der Waals surface area (Å²) in [4.78, 5) is 4.79. The summed E-state index contributed by atoms with van der Waals surface area (Å²) in [7, 11) is 1.63. The van der Waals surface area contributed by atoms with E-state index < -0.39 is 0 Å². The third-order valence-corrected chi connectivity index (χ3v) is 5.98. The third-order valence-electron chi connectivity index (χ3n) is 5.98. The van der Waals surface area contributed by atoms with Gasteiger partial charge in [-0.15, -0.1) is 0 Å². The van der Waals surface area contributed by atoms with E-state index in [0.717, 1.165) is 39.9 Å². The van der Waals surface area contributed by atoms with Gasteiger partial charge >= 0.3 is 0 Å². The minimum Gasteiger partial charge on any atom is -0.497 e. The number of rotatable bonds is 4. The highest BCUT2D eigenvalue weighted by atomic mass is 16.5. The normalized spacial score (nSPS) is 19.6. The van der Waals surface area contributed by atoms with Crippen molar-refractivity contribution in [3.05, 3.63) is 83.1 Å². The number of benzene rings is 2. The molecule has 0 aliphatic carbocycles. The Morgan fingerprint density at radius 2 is 1.66 bits per heavy atom. The Balaban J connectivity index is 1.62. The fourth-order valence-corrected chi connectivity index (χ4v) is 4.26. The Bertz CT molecular complexity index is 1310. The van der Waals surface area contributed by atoms with Crippen LogP contribution in [0.5, 0.6) is 5.75 Å². The van der Waals surface area contributed by atoms with E-state index in [9.17, 15) is 5.26 Å². The van der Waals surface area contributed by atoms with Gasteiger partial charge < -0.3 is 9.15 Å². The molecule has 0 fully saturated rings. The molecule has 158 valence electrons. The van der Waals surface area contributed by atoms with E-state index in [4.69, 9.17) is 14.1 Å². The van der Waals surface area contributed by atoms with Crippen molar-refractivity contribution in [2.75, 3.05) is 7.11 Å². The average molecular weight is 422 g/mol. The van der Waals surface area contributed by atoms with Crippen molar-refractivity contribution in [2.24, 2.45) is 16.0 Å². The first-order valence-electron chi connectivity index (χ1n) is 10.4. The molecule has 2 aliphatic heterocycles. The second kappa shape index (κ2) is 7.86. The van der Waals surface area contributed by atoms with Gasteiger partial charge in [0.1, 0.15) is 23.1 Å². The van der Waals surface area contributed by atoms with Gasteiger partial charge in [0.05, 0.1) is 36.3 Å². The Kier molecular flexibility index (Phi) is 4.87. The van der Waals surface area contributed by atoms with Gasteiger partial charge in [-0.3, -0.25) is 5.43 Å². The average Bonchev–Trinajstić information content (AvgIpc) is 3.46. The smallest absolute Gasteiger partial charge is 0.134 e. The van der Waals surface area contributed by atoms with Gasteiger partial charge in [0.15, 0.2) is 0 Å². The molecule has 2 unspecified atom stereocenters. The second-order valence-corrected chi connectivity index (χ2v) is 7.99. The molecule has 2 aromatic carbocycles. The lowest BCUT2D eigenvalue weighted by Gasteiger charge is -2.27. The number of amidine groups is 1. The van der Waals surface area contributed by atoms with Crippen LogP contribution in [-0.2, 0) is 0 Å². The summed E-state index contributed by atoms with van der Waals surface area (Å²) in [6.45, 7) is 4.00. The number of hydrogen-bond acceptors (Lipinski definition) is 6. The van der Waals surface area contributed by atoms with E-state index in [1.807, 2.05) is 55.5 Å². The fraction of sp³-hybridized carbons (Fsp3) is 0.192. The van der Waals surface area contributed by atoms with Crippen molar-refractivity contribution in [2.45, 2.75) is 19.8 Å². The van der Waals surface area contributed by atoms with Crippen LogP contribution in [0.4, 0.5) is 0 Å². The Morgan fingerprint density at radius 3 is 2.34 bits per heavy atom. The summed E-state index contributed by atoms with van der Waals surface area (Å²) in [5, 5.41) is 14.6. The molecular weight excluding hydrogens is 400 g/mol. The number of nitrogens with one attached hydrogen (secondary N) is 1. The first-order chi connectivity index (χ1) is 15.6. The number of fused-ring (bicyclic) bond motifs is 1. The van der Waals surface area contributed by atoms with Crippen LogP contribution >= 0.6 is 0 Å². The van der Waals surface area contributed by atoms with Crippen LogP contribution in [-0.4, -0.2) is 18.7 Å². The zero-order valence-corrected chi connectivity index (χ0v) is 18.1. The molecule has 6 nitrogen and oxygen atoms in total. The SMILES string of the molecule is COc1ccc(C2=C(C#N)C(c3ccc(-c4ccc(C)cc4)o3)C3C(C)=NNC3=N2)cc1. The van der Waals surface area contributed by atoms with Gasteiger partial charge in [-0.05, 0) is 50.2 Å². The minimum atomic E-state index is -0.317. The van der Waals surface area contributed by atoms with Crippen molar-refractivity contribution in [3.8, 4) is 23.1 Å². The molecule has 0 saturated carbocycles. The number of aryl methyl sites for hydroxylation is 1. The fourth-order valence-electron chi connectivity index (χ4n) is 4.26. The van der Waals surface area contributed by atoms with E-state index in [1.165, 1.54) is 5.56 Å². The maximum Gasteiger partial charge on any atom is 0.134 e. The largest absolute Gasteiger partial charge is 0.497 e. The molecule has 2 aliphatic rings. The number of ether oxygens (including phenoxy) is 1.